The van der Waals surface area contributed by atoms with Gasteiger partial charge in [0, 0.05) is 22.2 Å². The second-order valence-corrected chi connectivity index (χ2v) is 8.78. The molecule has 0 aliphatic heterocycles. The number of hydrogen-bond donors (Lipinski definition) is 1. The third-order valence-electron chi connectivity index (χ3n) is 6.18. The van der Waals surface area contributed by atoms with E-state index in [1.807, 2.05) is 48.5 Å². The van der Waals surface area contributed by atoms with Crippen molar-refractivity contribution >= 4 is 45.0 Å². The van der Waals surface area contributed by atoms with E-state index >= 15 is 0 Å². The van der Waals surface area contributed by atoms with Gasteiger partial charge in [0.1, 0.15) is 22.8 Å². The monoisotopic (exact) mass is 511 g/mol. The smallest absolute Gasteiger partial charge is 0.347 e. The van der Waals surface area contributed by atoms with Crippen molar-refractivity contribution in [1.29, 1.82) is 0 Å². The van der Waals surface area contributed by atoms with Gasteiger partial charge in [-0.15, -0.1) is 0 Å². The number of amides is 1. The normalized spacial score (nSPS) is 10.9. The van der Waals surface area contributed by atoms with Gasteiger partial charge in [-0.1, -0.05) is 60.1 Å². The molecule has 0 bridgehead atoms. The number of esters is 1. The average Bonchev–Trinajstić information content (AvgIpc) is 2.91. The molecule has 7 heteroatoms. The molecule has 0 heterocycles. The summed E-state index contributed by atoms with van der Waals surface area (Å²) in [6.45, 7) is 0. The number of primary amides is 1. The number of nitrogens with two attached hydrogens (primary N) is 1. The molecule has 0 unspecified atom stereocenters. The van der Waals surface area contributed by atoms with E-state index in [-0.39, 0.29) is 16.9 Å². The Bertz CT molecular complexity index is 1700. The van der Waals surface area contributed by atoms with Gasteiger partial charge in [-0.05, 0) is 51.9 Å². The molecule has 2 N–H and O–H groups in total. The van der Waals surface area contributed by atoms with Crippen LogP contribution in [0.15, 0.2) is 84.9 Å². The summed E-state index contributed by atoms with van der Waals surface area (Å²) in [6, 6.07) is 25.2. The first kappa shape index (κ1) is 24.2. The Kier molecular flexibility index (Phi) is 6.42. The third kappa shape index (κ3) is 4.43. The summed E-state index contributed by atoms with van der Waals surface area (Å²) >= 11 is 6.32. The standard InChI is InChI=1S/C30H22ClNO5/c1-35-24-14-18-8-4-3-7-17(18)13-23(24)30(34)37-25-16-20(31)11-12-22(25)27-21-10-6-5-9-19(21)15-26(36-2)28(27)29(32)33/h3-16H,1-2H3,(H2,32,33). The van der Waals surface area contributed by atoms with Crippen molar-refractivity contribution in [3.8, 4) is 28.4 Å². The van der Waals surface area contributed by atoms with Gasteiger partial charge in [0.15, 0.2) is 0 Å². The number of hydrogen-bond acceptors (Lipinski definition) is 5. The summed E-state index contributed by atoms with van der Waals surface area (Å²) in [6.07, 6.45) is 0. The van der Waals surface area contributed by atoms with Crippen LogP contribution in [-0.2, 0) is 0 Å². The fourth-order valence-electron chi connectivity index (χ4n) is 4.50. The van der Waals surface area contributed by atoms with E-state index in [1.165, 1.54) is 20.3 Å². The zero-order chi connectivity index (χ0) is 26.1. The van der Waals surface area contributed by atoms with Crippen LogP contribution in [0.5, 0.6) is 17.2 Å². The molecule has 184 valence electrons. The minimum atomic E-state index is -0.680. The maximum absolute atomic E-state index is 13.5. The van der Waals surface area contributed by atoms with Crippen LogP contribution in [0.25, 0.3) is 32.7 Å². The molecule has 0 aromatic heterocycles. The molecule has 5 aromatic carbocycles. The molecule has 1 amide bonds. The molecule has 0 atom stereocenters. The zero-order valence-corrected chi connectivity index (χ0v) is 20.8. The molecule has 0 aliphatic carbocycles. The summed E-state index contributed by atoms with van der Waals surface area (Å²) in [4.78, 5) is 26.1. The summed E-state index contributed by atoms with van der Waals surface area (Å²) in [5.41, 5.74) is 7.17. The Balaban J connectivity index is 1.71. The Morgan fingerprint density at radius 2 is 1.35 bits per heavy atom. The summed E-state index contributed by atoms with van der Waals surface area (Å²) in [7, 11) is 2.96. The predicted molar refractivity (Wildman–Crippen MR) is 145 cm³/mol. The molecular formula is C30H22ClNO5. The molecule has 0 saturated heterocycles. The lowest BCUT2D eigenvalue weighted by Crippen LogP contribution is -2.15. The number of fused-ring (bicyclic) bond motifs is 2. The van der Waals surface area contributed by atoms with Crippen LogP contribution in [0.1, 0.15) is 20.7 Å². The largest absolute Gasteiger partial charge is 0.496 e. The number of halogens is 1. The summed E-state index contributed by atoms with van der Waals surface area (Å²) in [5.74, 6) is -0.477. The van der Waals surface area contributed by atoms with E-state index in [0.29, 0.717) is 27.6 Å². The molecule has 5 aromatic rings. The van der Waals surface area contributed by atoms with Gasteiger partial charge in [0.05, 0.1) is 19.8 Å². The van der Waals surface area contributed by atoms with Crippen LogP contribution in [-0.4, -0.2) is 26.1 Å². The van der Waals surface area contributed by atoms with Crippen molar-refractivity contribution in [2.75, 3.05) is 14.2 Å². The van der Waals surface area contributed by atoms with Crippen molar-refractivity contribution in [2.24, 2.45) is 5.73 Å². The van der Waals surface area contributed by atoms with Crippen molar-refractivity contribution in [3.63, 3.8) is 0 Å². The topological polar surface area (TPSA) is 87.9 Å². The van der Waals surface area contributed by atoms with Gasteiger partial charge in [-0.3, -0.25) is 4.79 Å². The van der Waals surface area contributed by atoms with Crippen LogP contribution in [0.2, 0.25) is 5.02 Å². The highest BCUT2D eigenvalue weighted by Crippen LogP contribution is 2.43. The lowest BCUT2D eigenvalue weighted by atomic mass is 9.91. The molecule has 0 fully saturated rings. The maximum atomic E-state index is 13.5. The molecule has 37 heavy (non-hydrogen) atoms. The third-order valence-corrected chi connectivity index (χ3v) is 6.42. The van der Waals surface area contributed by atoms with E-state index in [1.54, 1.807) is 30.3 Å². The molecule has 0 saturated carbocycles. The van der Waals surface area contributed by atoms with Gasteiger partial charge in [-0.2, -0.15) is 0 Å². The van der Waals surface area contributed by atoms with Crippen molar-refractivity contribution in [3.05, 3.63) is 101 Å². The number of carbonyl (C=O) groups is 2. The van der Waals surface area contributed by atoms with Gasteiger partial charge in [-0.25, -0.2) is 4.79 Å². The highest BCUT2D eigenvalue weighted by Gasteiger charge is 2.24. The molecule has 0 aliphatic rings. The summed E-state index contributed by atoms with van der Waals surface area (Å²) in [5, 5.41) is 3.69. The molecule has 0 spiro atoms. The van der Waals surface area contributed by atoms with Crippen LogP contribution >= 0.6 is 11.6 Å². The van der Waals surface area contributed by atoms with E-state index in [0.717, 1.165) is 21.5 Å². The van der Waals surface area contributed by atoms with E-state index in [9.17, 15) is 9.59 Å². The number of methoxy groups -OCH3 is 2. The zero-order valence-electron chi connectivity index (χ0n) is 20.1. The highest BCUT2D eigenvalue weighted by molar-refractivity contribution is 6.31. The fourth-order valence-corrected chi connectivity index (χ4v) is 4.66. The number of ether oxygens (including phenoxy) is 3. The van der Waals surface area contributed by atoms with Crippen molar-refractivity contribution < 1.29 is 23.8 Å². The predicted octanol–water partition coefficient (Wildman–Crippen LogP) is 6.65. The van der Waals surface area contributed by atoms with E-state index in [2.05, 4.69) is 0 Å². The van der Waals surface area contributed by atoms with Gasteiger partial charge in [0.25, 0.3) is 5.91 Å². The first-order valence-electron chi connectivity index (χ1n) is 11.4. The van der Waals surface area contributed by atoms with Gasteiger partial charge in [0.2, 0.25) is 0 Å². The first-order valence-corrected chi connectivity index (χ1v) is 11.8. The Labute approximate surface area is 218 Å². The lowest BCUT2D eigenvalue weighted by Gasteiger charge is -2.18. The first-order chi connectivity index (χ1) is 17.9. The quantitative estimate of drug-likeness (QED) is 0.204. The second-order valence-electron chi connectivity index (χ2n) is 8.34. The lowest BCUT2D eigenvalue weighted by molar-refractivity contribution is 0.0732. The fraction of sp³-hybridized carbons (Fsp3) is 0.0667. The van der Waals surface area contributed by atoms with Crippen molar-refractivity contribution in [2.45, 2.75) is 0 Å². The van der Waals surface area contributed by atoms with Crippen LogP contribution in [0.3, 0.4) is 0 Å². The Morgan fingerprint density at radius 3 is 2.03 bits per heavy atom. The van der Waals surface area contributed by atoms with Crippen molar-refractivity contribution in [1.82, 2.24) is 0 Å². The minimum Gasteiger partial charge on any atom is -0.496 e. The van der Waals surface area contributed by atoms with Gasteiger partial charge >= 0.3 is 5.97 Å². The SMILES string of the molecule is COc1cc2ccccc2cc1C(=O)Oc1cc(Cl)ccc1-c1c(C(N)=O)c(OC)cc2ccccc12. The average molecular weight is 512 g/mol. The summed E-state index contributed by atoms with van der Waals surface area (Å²) < 4.78 is 16.9. The molecule has 5 rings (SSSR count). The highest BCUT2D eigenvalue weighted by atomic mass is 35.5. The van der Waals surface area contributed by atoms with Crippen LogP contribution < -0.4 is 19.9 Å². The van der Waals surface area contributed by atoms with E-state index in [4.69, 9.17) is 31.5 Å². The molecular weight excluding hydrogens is 490 g/mol. The van der Waals surface area contributed by atoms with Crippen LogP contribution in [0, 0.1) is 0 Å². The minimum absolute atomic E-state index is 0.161. The number of carbonyl (C=O) groups excluding carboxylic acids is 2. The molecule has 0 radical (unpaired) electrons. The second kappa shape index (κ2) is 9.84. The molecule has 6 nitrogen and oxygen atoms in total. The van der Waals surface area contributed by atoms with E-state index < -0.39 is 11.9 Å². The van der Waals surface area contributed by atoms with Crippen LogP contribution in [0.4, 0.5) is 0 Å². The van der Waals surface area contributed by atoms with Gasteiger partial charge < -0.3 is 19.9 Å². The Morgan fingerprint density at radius 1 is 0.730 bits per heavy atom. The Hall–Kier alpha value is -4.55. The number of rotatable bonds is 6. The number of benzene rings is 5. The maximum Gasteiger partial charge on any atom is 0.347 e.